The summed E-state index contributed by atoms with van der Waals surface area (Å²) >= 11 is 5.85. The number of nitrogens with one attached hydrogen (secondary N) is 2. The fraction of sp³-hybridized carbons (Fsp3) is 0.190. The molecule has 1 heterocycles. The maximum absolute atomic E-state index is 12.1. The Labute approximate surface area is 158 Å². The highest BCUT2D eigenvalue weighted by Gasteiger charge is 2.12. The Morgan fingerprint density at radius 3 is 2.46 bits per heavy atom. The standard InChI is InChI=1S/C21H22ClN3O/c1-14-5-4-6-20(11-14)25-15(2)12-17(16(25)3)13-23-21(26)24-19-9-7-18(22)8-10-19/h4-12H,13H2,1-3H3,(H2,23,24,26). The molecule has 2 aromatic carbocycles. The number of rotatable bonds is 4. The smallest absolute Gasteiger partial charge is 0.319 e. The molecule has 5 heteroatoms. The van der Waals surface area contributed by atoms with Crippen LogP contribution >= 0.6 is 11.6 Å². The van der Waals surface area contributed by atoms with Gasteiger partial charge < -0.3 is 15.2 Å². The van der Waals surface area contributed by atoms with Crippen molar-refractivity contribution >= 4 is 23.3 Å². The van der Waals surface area contributed by atoms with Gasteiger partial charge in [0.1, 0.15) is 0 Å². The lowest BCUT2D eigenvalue weighted by Gasteiger charge is -2.11. The van der Waals surface area contributed by atoms with Gasteiger partial charge in [-0.25, -0.2) is 4.79 Å². The van der Waals surface area contributed by atoms with Gasteiger partial charge in [0.05, 0.1) is 0 Å². The van der Waals surface area contributed by atoms with Crippen LogP contribution < -0.4 is 10.6 Å². The average molecular weight is 368 g/mol. The first-order valence-corrected chi connectivity index (χ1v) is 8.87. The van der Waals surface area contributed by atoms with Gasteiger partial charge in [-0.2, -0.15) is 0 Å². The van der Waals surface area contributed by atoms with Crippen molar-refractivity contribution in [2.24, 2.45) is 0 Å². The molecule has 4 nitrogen and oxygen atoms in total. The molecule has 26 heavy (non-hydrogen) atoms. The highest BCUT2D eigenvalue weighted by Crippen LogP contribution is 2.21. The van der Waals surface area contributed by atoms with E-state index in [4.69, 9.17) is 11.6 Å². The van der Waals surface area contributed by atoms with Gasteiger partial charge in [0.25, 0.3) is 0 Å². The Balaban J connectivity index is 1.70. The van der Waals surface area contributed by atoms with E-state index < -0.39 is 0 Å². The number of hydrogen-bond acceptors (Lipinski definition) is 1. The van der Waals surface area contributed by atoms with E-state index in [1.165, 1.54) is 5.56 Å². The van der Waals surface area contributed by atoms with E-state index in [-0.39, 0.29) is 6.03 Å². The molecule has 0 fully saturated rings. The zero-order chi connectivity index (χ0) is 18.7. The van der Waals surface area contributed by atoms with Crippen LogP contribution in [0, 0.1) is 20.8 Å². The molecule has 3 aromatic rings. The predicted octanol–water partition coefficient (Wildman–Crippen LogP) is 5.38. The zero-order valence-corrected chi connectivity index (χ0v) is 15.9. The number of nitrogens with zero attached hydrogens (tertiary/aromatic N) is 1. The van der Waals surface area contributed by atoms with E-state index in [1.807, 2.05) is 0 Å². The molecule has 3 rings (SSSR count). The van der Waals surface area contributed by atoms with Crippen LogP contribution in [-0.4, -0.2) is 10.6 Å². The molecule has 1 aromatic heterocycles. The molecule has 0 spiro atoms. The van der Waals surface area contributed by atoms with E-state index in [1.54, 1.807) is 24.3 Å². The molecule has 2 amide bonds. The largest absolute Gasteiger partial charge is 0.334 e. The predicted molar refractivity (Wildman–Crippen MR) is 107 cm³/mol. The Morgan fingerprint density at radius 2 is 1.77 bits per heavy atom. The van der Waals surface area contributed by atoms with Gasteiger partial charge in [-0.3, -0.25) is 0 Å². The Bertz CT molecular complexity index is 929. The minimum Gasteiger partial charge on any atom is -0.334 e. The number of urea groups is 1. The van der Waals surface area contributed by atoms with E-state index in [9.17, 15) is 4.79 Å². The van der Waals surface area contributed by atoms with Crippen molar-refractivity contribution in [2.45, 2.75) is 27.3 Å². The van der Waals surface area contributed by atoms with Crippen molar-refractivity contribution in [2.75, 3.05) is 5.32 Å². The average Bonchev–Trinajstić information content (AvgIpc) is 2.89. The topological polar surface area (TPSA) is 46.1 Å². The number of halogens is 1. The third-order valence-corrected chi connectivity index (χ3v) is 4.59. The number of hydrogen-bond donors (Lipinski definition) is 2. The Kier molecular flexibility index (Phi) is 5.33. The summed E-state index contributed by atoms with van der Waals surface area (Å²) in [6, 6.07) is 17.3. The summed E-state index contributed by atoms with van der Waals surface area (Å²) in [6.07, 6.45) is 0. The van der Waals surface area contributed by atoms with Gasteiger partial charge >= 0.3 is 6.03 Å². The van der Waals surface area contributed by atoms with Crippen molar-refractivity contribution in [1.29, 1.82) is 0 Å². The number of aromatic nitrogens is 1. The van der Waals surface area contributed by atoms with Crippen LogP contribution in [-0.2, 0) is 6.54 Å². The summed E-state index contributed by atoms with van der Waals surface area (Å²) in [6.45, 7) is 6.70. The number of aryl methyl sites for hydroxylation is 2. The number of carbonyl (C=O) groups is 1. The van der Waals surface area contributed by atoms with Crippen LogP contribution in [0.1, 0.15) is 22.5 Å². The third kappa shape index (κ3) is 4.09. The quantitative estimate of drug-likeness (QED) is 0.639. The normalized spacial score (nSPS) is 10.6. The molecular weight excluding hydrogens is 346 g/mol. The molecular formula is C21H22ClN3O. The molecule has 0 saturated heterocycles. The van der Waals surface area contributed by atoms with Crippen LogP contribution in [0.2, 0.25) is 5.02 Å². The first kappa shape index (κ1) is 18.1. The molecule has 0 atom stereocenters. The molecule has 0 aliphatic heterocycles. The SMILES string of the molecule is Cc1cccc(-n2c(C)cc(CNC(=O)Nc3ccc(Cl)cc3)c2C)c1. The van der Waals surface area contributed by atoms with Crippen LogP contribution in [0.5, 0.6) is 0 Å². The molecule has 134 valence electrons. The van der Waals surface area contributed by atoms with Gasteiger partial charge in [0.2, 0.25) is 0 Å². The Morgan fingerprint density at radius 1 is 1.04 bits per heavy atom. The summed E-state index contributed by atoms with van der Waals surface area (Å²) in [5, 5.41) is 6.35. The maximum atomic E-state index is 12.1. The molecule has 0 aliphatic carbocycles. The van der Waals surface area contributed by atoms with Crippen molar-refractivity contribution in [3.8, 4) is 5.69 Å². The van der Waals surface area contributed by atoms with Crippen LogP contribution in [0.4, 0.5) is 10.5 Å². The van der Waals surface area contributed by atoms with Crippen molar-refractivity contribution in [1.82, 2.24) is 9.88 Å². The maximum Gasteiger partial charge on any atom is 0.319 e. The van der Waals surface area contributed by atoms with Gasteiger partial charge in [-0.15, -0.1) is 0 Å². The monoisotopic (exact) mass is 367 g/mol. The third-order valence-electron chi connectivity index (χ3n) is 4.34. The first-order chi connectivity index (χ1) is 12.4. The lowest BCUT2D eigenvalue weighted by molar-refractivity contribution is 0.251. The van der Waals surface area contributed by atoms with Crippen molar-refractivity contribution in [3.05, 3.63) is 82.1 Å². The molecule has 0 aliphatic rings. The number of carbonyl (C=O) groups excluding carboxylic acids is 1. The van der Waals surface area contributed by atoms with Crippen molar-refractivity contribution < 1.29 is 4.79 Å². The highest BCUT2D eigenvalue weighted by molar-refractivity contribution is 6.30. The summed E-state index contributed by atoms with van der Waals surface area (Å²) in [5.41, 5.74) is 6.42. The second kappa shape index (κ2) is 7.67. The van der Waals surface area contributed by atoms with E-state index in [0.29, 0.717) is 17.3 Å². The fourth-order valence-electron chi connectivity index (χ4n) is 3.06. The molecule has 0 saturated carbocycles. The Hall–Kier alpha value is -2.72. The minimum absolute atomic E-state index is 0.243. The molecule has 0 radical (unpaired) electrons. The van der Waals surface area contributed by atoms with Gasteiger partial charge in [-0.1, -0.05) is 23.7 Å². The van der Waals surface area contributed by atoms with E-state index in [2.05, 4.69) is 66.3 Å². The van der Waals surface area contributed by atoms with Gasteiger partial charge in [0, 0.05) is 34.3 Å². The summed E-state index contributed by atoms with van der Waals surface area (Å²) in [4.78, 5) is 12.1. The molecule has 0 unspecified atom stereocenters. The first-order valence-electron chi connectivity index (χ1n) is 8.49. The number of anilines is 1. The fourth-order valence-corrected chi connectivity index (χ4v) is 3.18. The second-order valence-corrected chi connectivity index (χ2v) is 6.82. The lowest BCUT2D eigenvalue weighted by atomic mass is 10.2. The van der Waals surface area contributed by atoms with Crippen LogP contribution in [0.25, 0.3) is 5.69 Å². The second-order valence-electron chi connectivity index (χ2n) is 6.39. The number of amides is 2. The van der Waals surface area contributed by atoms with Gasteiger partial charge in [-0.05, 0) is 74.4 Å². The number of benzene rings is 2. The van der Waals surface area contributed by atoms with Gasteiger partial charge in [0.15, 0.2) is 0 Å². The lowest BCUT2D eigenvalue weighted by Crippen LogP contribution is -2.28. The molecule has 0 bridgehead atoms. The molecule has 2 N–H and O–H groups in total. The van der Waals surface area contributed by atoms with Crippen molar-refractivity contribution in [3.63, 3.8) is 0 Å². The summed E-state index contributed by atoms with van der Waals surface area (Å²) in [7, 11) is 0. The minimum atomic E-state index is -0.243. The highest BCUT2D eigenvalue weighted by atomic mass is 35.5. The summed E-state index contributed by atoms with van der Waals surface area (Å²) in [5.74, 6) is 0. The summed E-state index contributed by atoms with van der Waals surface area (Å²) < 4.78 is 2.21. The van der Waals surface area contributed by atoms with E-state index in [0.717, 1.165) is 22.6 Å². The van der Waals surface area contributed by atoms with E-state index >= 15 is 0 Å². The van der Waals surface area contributed by atoms with Crippen LogP contribution in [0.3, 0.4) is 0 Å². The van der Waals surface area contributed by atoms with Crippen LogP contribution in [0.15, 0.2) is 54.6 Å². The zero-order valence-electron chi connectivity index (χ0n) is 15.1.